The SMILES string of the molecule is C[Si]1(C)OCc2ccc(cc2)-n2c3ccc4cc3c3cccc(c32)CO[Si](C)(C)c2cccc3c5cc(ccc5n(c23)-c2ccc1cc2)[Si](C)(C)O[Si]4(C)C. The number of fused-ring (bicyclic) bond motifs is 4. The first-order chi connectivity index (χ1) is 26.2. The standard InChI is InChI=1S/C46H48N2O3Si4/c1-52(2)35-21-19-34(20-22-35)48-43-26-24-37-28-41(43)39-13-10-14-44(46(39)48)55(7,8)50-30-32-11-9-12-38-40-27-36(53(3,4)51-54(37,5)6)23-25-42(40)47(45(32)38)33-17-15-31(16-18-33)29-49-52/h9-28H,29-30H2,1-8H3. The van der Waals surface area contributed by atoms with E-state index >= 15 is 0 Å². The molecule has 0 saturated heterocycles. The average molecular weight is 789 g/mol. The van der Waals surface area contributed by atoms with Gasteiger partial charge in [0.1, 0.15) is 0 Å². The summed E-state index contributed by atoms with van der Waals surface area (Å²) in [4.78, 5) is 0. The zero-order chi connectivity index (χ0) is 38.1. The Morgan fingerprint density at radius 3 is 1.56 bits per heavy atom. The quantitative estimate of drug-likeness (QED) is 0.144. The van der Waals surface area contributed by atoms with E-state index in [0.717, 1.165) is 11.4 Å². The first kappa shape index (κ1) is 35.1. The molecular formula is C46H48N2O3Si4. The average Bonchev–Trinajstić information content (AvgIpc) is 3.68. The molecule has 0 saturated carbocycles. The van der Waals surface area contributed by atoms with Crippen molar-refractivity contribution in [3.8, 4) is 11.4 Å². The summed E-state index contributed by atoms with van der Waals surface area (Å²) in [6, 6.07) is 46.1. The second kappa shape index (κ2) is 12.1. The van der Waals surface area contributed by atoms with Gasteiger partial charge in [0.25, 0.3) is 0 Å². The normalized spacial score (nSPS) is 18.4. The molecule has 0 radical (unpaired) electrons. The van der Waals surface area contributed by atoms with Gasteiger partial charge in [0, 0.05) is 38.5 Å². The number of para-hydroxylation sites is 2. The highest BCUT2D eigenvalue weighted by molar-refractivity contribution is 6.97. The van der Waals surface area contributed by atoms with Crippen molar-refractivity contribution in [2.75, 3.05) is 0 Å². The molecule has 8 aromatic rings. The highest BCUT2D eigenvalue weighted by Gasteiger charge is 2.38. The van der Waals surface area contributed by atoms with Gasteiger partial charge in [0.2, 0.25) is 33.3 Å². The van der Waals surface area contributed by atoms with Crippen molar-refractivity contribution >= 4 is 97.6 Å². The van der Waals surface area contributed by atoms with Crippen LogP contribution in [0.2, 0.25) is 52.4 Å². The Kier molecular flexibility index (Phi) is 7.71. The van der Waals surface area contributed by atoms with Gasteiger partial charge >= 0.3 is 0 Å². The van der Waals surface area contributed by atoms with Crippen LogP contribution in [0.3, 0.4) is 0 Å². The van der Waals surface area contributed by atoms with E-state index in [9.17, 15) is 0 Å². The summed E-state index contributed by atoms with van der Waals surface area (Å²) in [5.41, 5.74) is 9.53. The van der Waals surface area contributed by atoms with Crippen molar-refractivity contribution in [2.45, 2.75) is 65.6 Å². The third-order valence-corrected chi connectivity index (χ3v) is 25.1. The number of rotatable bonds is 0. The lowest BCUT2D eigenvalue weighted by molar-refractivity contribution is 0.304. The van der Waals surface area contributed by atoms with Gasteiger partial charge in [0.05, 0.1) is 35.3 Å². The monoisotopic (exact) mass is 788 g/mol. The van der Waals surface area contributed by atoms with E-state index in [1.54, 1.807) is 0 Å². The van der Waals surface area contributed by atoms with Crippen LogP contribution in [0.1, 0.15) is 11.1 Å². The Morgan fingerprint density at radius 1 is 0.436 bits per heavy atom. The van der Waals surface area contributed by atoms with Crippen molar-refractivity contribution in [1.29, 1.82) is 0 Å². The van der Waals surface area contributed by atoms with Gasteiger partial charge in [-0.25, -0.2) is 0 Å². The third-order valence-electron chi connectivity index (χ3n) is 12.4. The molecule has 55 heavy (non-hydrogen) atoms. The van der Waals surface area contributed by atoms with Crippen molar-refractivity contribution < 1.29 is 13.0 Å². The summed E-state index contributed by atoms with van der Waals surface area (Å²) >= 11 is 0. The maximum absolute atomic E-state index is 7.52. The van der Waals surface area contributed by atoms with Crippen molar-refractivity contribution in [3.63, 3.8) is 0 Å². The van der Waals surface area contributed by atoms with E-state index < -0.39 is 33.3 Å². The van der Waals surface area contributed by atoms with Crippen LogP contribution >= 0.6 is 0 Å². The Morgan fingerprint density at radius 2 is 0.945 bits per heavy atom. The van der Waals surface area contributed by atoms with Gasteiger partial charge in [-0.15, -0.1) is 0 Å². The molecule has 0 fully saturated rings. The lowest BCUT2D eigenvalue weighted by atomic mass is 10.1. The van der Waals surface area contributed by atoms with Crippen LogP contribution in [0.25, 0.3) is 55.0 Å². The molecule has 0 aliphatic carbocycles. The molecule has 4 aliphatic heterocycles. The van der Waals surface area contributed by atoms with Crippen LogP contribution in [0, 0.1) is 0 Å². The molecule has 0 unspecified atom stereocenters. The fraction of sp³-hybridized carbons (Fsp3) is 0.217. The molecule has 6 heterocycles. The number of aromatic nitrogens is 2. The Labute approximate surface area is 327 Å². The van der Waals surface area contributed by atoms with E-state index in [0.29, 0.717) is 13.2 Å². The fourth-order valence-electron chi connectivity index (χ4n) is 9.29. The van der Waals surface area contributed by atoms with Gasteiger partial charge in [-0.05, 0) is 115 Å². The minimum Gasteiger partial charge on any atom is -0.449 e. The van der Waals surface area contributed by atoms with Crippen molar-refractivity contribution in [1.82, 2.24) is 9.13 Å². The first-order valence-electron chi connectivity index (χ1n) is 19.5. The van der Waals surface area contributed by atoms with Crippen LogP contribution < -0.4 is 20.7 Å². The second-order valence-electron chi connectivity index (χ2n) is 17.6. The molecular weight excluding hydrogens is 741 g/mol. The number of hydrogen-bond acceptors (Lipinski definition) is 3. The molecule has 0 atom stereocenters. The molecule has 2 aromatic heterocycles. The van der Waals surface area contributed by atoms with E-state index in [1.165, 1.54) is 75.5 Å². The molecule has 0 spiro atoms. The lowest BCUT2D eigenvalue weighted by Crippen LogP contribution is -2.57. The maximum atomic E-state index is 7.52. The van der Waals surface area contributed by atoms with Crippen LogP contribution in [0.5, 0.6) is 0 Å². The van der Waals surface area contributed by atoms with Gasteiger partial charge in [-0.1, -0.05) is 84.9 Å². The highest BCUT2D eigenvalue weighted by atomic mass is 28.4. The Hall–Kier alpha value is -4.33. The zero-order valence-corrected chi connectivity index (χ0v) is 37.1. The van der Waals surface area contributed by atoms with Crippen molar-refractivity contribution in [3.05, 3.63) is 132 Å². The summed E-state index contributed by atoms with van der Waals surface area (Å²) < 4.78 is 26.6. The van der Waals surface area contributed by atoms with E-state index in [2.05, 4.69) is 183 Å². The van der Waals surface area contributed by atoms with Gasteiger partial charge in [-0.3, -0.25) is 0 Å². The summed E-state index contributed by atoms with van der Waals surface area (Å²) in [7, 11) is -9.55. The summed E-state index contributed by atoms with van der Waals surface area (Å²) in [6.45, 7) is 20.0. The Balaban J connectivity index is 1.34. The molecule has 14 bridgehead atoms. The van der Waals surface area contributed by atoms with E-state index in [1.807, 2.05) is 0 Å². The van der Waals surface area contributed by atoms with E-state index in [-0.39, 0.29) is 0 Å². The molecule has 6 aromatic carbocycles. The summed E-state index contributed by atoms with van der Waals surface area (Å²) in [5.74, 6) is 0. The number of benzene rings is 6. The zero-order valence-electron chi connectivity index (χ0n) is 33.1. The van der Waals surface area contributed by atoms with Crippen LogP contribution in [0.15, 0.2) is 121 Å². The number of nitrogens with zero attached hydrogens (tertiary/aromatic N) is 2. The minimum atomic E-state index is -2.54. The molecule has 0 amide bonds. The summed E-state index contributed by atoms with van der Waals surface area (Å²) in [5, 5.41) is 10.3. The van der Waals surface area contributed by atoms with Gasteiger partial charge in [-0.2, -0.15) is 0 Å². The topological polar surface area (TPSA) is 37.5 Å². The van der Waals surface area contributed by atoms with Crippen LogP contribution in [0.4, 0.5) is 0 Å². The first-order valence-corrected chi connectivity index (χ1v) is 31.2. The van der Waals surface area contributed by atoms with Crippen molar-refractivity contribution in [2.24, 2.45) is 0 Å². The predicted octanol–water partition coefficient (Wildman–Crippen LogP) is 9.31. The molecule has 276 valence electrons. The molecule has 4 aliphatic rings. The highest BCUT2D eigenvalue weighted by Crippen LogP contribution is 2.37. The minimum absolute atomic E-state index is 0.518. The second-order valence-corrected chi connectivity index (χ2v) is 33.3. The number of hydrogen-bond donors (Lipinski definition) is 0. The molecule has 9 heteroatoms. The smallest absolute Gasteiger partial charge is 0.220 e. The van der Waals surface area contributed by atoms with Gasteiger partial charge in [0.15, 0.2) is 0 Å². The lowest BCUT2D eigenvalue weighted by Gasteiger charge is -2.34. The van der Waals surface area contributed by atoms with Crippen LogP contribution in [-0.4, -0.2) is 42.4 Å². The van der Waals surface area contributed by atoms with Crippen LogP contribution in [-0.2, 0) is 26.2 Å². The third kappa shape index (κ3) is 5.47. The summed E-state index contributed by atoms with van der Waals surface area (Å²) in [6.07, 6.45) is 0. The Bertz CT molecular complexity index is 2850. The predicted molar refractivity (Wildman–Crippen MR) is 241 cm³/mol. The van der Waals surface area contributed by atoms with Gasteiger partial charge < -0.3 is 22.1 Å². The fourth-order valence-corrected chi connectivity index (χ4v) is 20.9. The van der Waals surface area contributed by atoms with E-state index in [4.69, 9.17) is 13.0 Å². The maximum Gasteiger partial charge on any atom is 0.220 e. The molecule has 0 N–H and O–H groups in total. The largest absolute Gasteiger partial charge is 0.449 e. The molecule has 5 nitrogen and oxygen atoms in total. The molecule has 12 rings (SSSR count).